The molecule has 27 valence electrons. The van der Waals surface area contributed by atoms with Gasteiger partial charge in [-0.15, -0.1) is 0 Å². The van der Waals surface area contributed by atoms with E-state index in [2.05, 4.69) is 5.04 Å². The molecular weight excluding hydrogens is 103 g/mol. The van der Waals surface area contributed by atoms with Crippen molar-refractivity contribution in [3.63, 3.8) is 0 Å². The predicted octanol–water partition coefficient (Wildman–Crippen LogP) is -0.813. The second-order valence-electron chi connectivity index (χ2n) is 0.0816. The number of hydrogen-bond donors (Lipinski definition) is 2. The fraction of sp³-hybridized carbons (Fsp3) is 0. The lowest BCUT2D eigenvalue weighted by molar-refractivity contribution is -0.465. The zero-order chi connectivity index (χ0) is 2.71. The van der Waals surface area contributed by atoms with Gasteiger partial charge >= 0.3 is 0 Å². The quantitative estimate of drug-likeness (QED) is 0.240. The van der Waals surface area contributed by atoms with Crippen LogP contribution in [-0.4, -0.2) is 38.8 Å². The zero-order valence-corrected chi connectivity index (χ0v) is 4.53. The highest BCUT2D eigenvalue weighted by molar-refractivity contribution is 5.76. The first-order valence-corrected chi connectivity index (χ1v) is 0.365. The fourth-order valence-electron chi connectivity index (χ4n) is 0. The molecule has 0 unspecified atom stereocenters. The van der Waals surface area contributed by atoms with Gasteiger partial charge in [-0.2, -0.15) is 0 Å². The third kappa shape index (κ3) is 80.8. The van der Waals surface area contributed by atoms with Crippen molar-refractivity contribution < 1.29 is 15.6 Å². The molecule has 0 spiro atoms. The standard InChI is InChI=1S/Al.H2O3.Si/c;1-3-2;/h;1-2H;. The summed E-state index contributed by atoms with van der Waals surface area (Å²) in [5, 5.41) is 15.5. The summed E-state index contributed by atoms with van der Waals surface area (Å²) in [7, 11) is 0. The third-order valence-corrected chi connectivity index (χ3v) is 0. The molecule has 0 aliphatic heterocycles. The molecule has 0 saturated heterocycles. The molecule has 0 saturated carbocycles. The van der Waals surface area contributed by atoms with Crippen LogP contribution >= 0.6 is 0 Å². The molecule has 0 fully saturated rings. The predicted molar refractivity (Wildman–Crippen MR) is 17.9 cm³/mol. The highest BCUT2D eigenvalue weighted by Crippen LogP contribution is 1.24. The van der Waals surface area contributed by atoms with Crippen LogP contribution in [0.2, 0.25) is 0 Å². The van der Waals surface area contributed by atoms with Crippen LogP contribution in [-0.2, 0) is 5.04 Å². The smallest absolute Gasteiger partial charge is 0 e. The zero-order valence-electron chi connectivity index (χ0n) is 2.38. The molecule has 0 aliphatic rings. The van der Waals surface area contributed by atoms with Gasteiger partial charge in [0.05, 0.1) is 0 Å². The van der Waals surface area contributed by atoms with Gasteiger partial charge in [0.15, 0.2) is 0 Å². The Balaban J connectivity index is -0.0000000200. The molecule has 5 heavy (non-hydrogen) atoms. The van der Waals surface area contributed by atoms with Gasteiger partial charge in [-0.1, -0.05) is 5.04 Å². The van der Waals surface area contributed by atoms with Crippen molar-refractivity contribution in [2.24, 2.45) is 0 Å². The largest absolute Gasteiger partial charge is 0.221 e. The summed E-state index contributed by atoms with van der Waals surface area (Å²) >= 11 is 0. The average Bonchev–Trinajstić information content (AvgIpc) is 0.918. The summed E-state index contributed by atoms with van der Waals surface area (Å²) < 4.78 is 0. The van der Waals surface area contributed by atoms with Crippen molar-refractivity contribution in [3.8, 4) is 0 Å². The molecule has 0 aromatic carbocycles. The van der Waals surface area contributed by atoms with Crippen LogP contribution in [0, 0.1) is 0 Å². The van der Waals surface area contributed by atoms with E-state index in [1.807, 2.05) is 0 Å². The van der Waals surface area contributed by atoms with E-state index >= 15 is 0 Å². The molecule has 0 atom stereocenters. The molecule has 0 bridgehead atoms. The lowest BCUT2D eigenvalue weighted by Crippen LogP contribution is -1.60. The van der Waals surface area contributed by atoms with Gasteiger partial charge < -0.3 is 0 Å². The van der Waals surface area contributed by atoms with Gasteiger partial charge in [0.2, 0.25) is 0 Å². The Labute approximate surface area is 44.6 Å². The number of rotatable bonds is 0. The topological polar surface area (TPSA) is 49.7 Å². The van der Waals surface area contributed by atoms with Gasteiger partial charge in [0.1, 0.15) is 0 Å². The molecule has 0 amide bonds. The van der Waals surface area contributed by atoms with Crippen molar-refractivity contribution in [3.05, 3.63) is 0 Å². The maximum Gasteiger partial charge on any atom is 0 e. The summed E-state index contributed by atoms with van der Waals surface area (Å²) in [6.45, 7) is 0. The van der Waals surface area contributed by atoms with E-state index in [4.69, 9.17) is 10.5 Å². The van der Waals surface area contributed by atoms with Crippen LogP contribution in [0.5, 0.6) is 0 Å². The summed E-state index contributed by atoms with van der Waals surface area (Å²) in [5.41, 5.74) is 0. The summed E-state index contributed by atoms with van der Waals surface area (Å²) in [6.07, 6.45) is 0. The first kappa shape index (κ1) is 17.5. The van der Waals surface area contributed by atoms with Crippen molar-refractivity contribution in [2.45, 2.75) is 0 Å². The van der Waals surface area contributed by atoms with Gasteiger partial charge in [0.25, 0.3) is 0 Å². The Kier molecular flexibility index (Phi) is 80.2. The van der Waals surface area contributed by atoms with E-state index in [0.29, 0.717) is 0 Å². The lowest BCUT2D eigenvalue weighted by Gasteiger charge is -1.56. The summed E-state index contributed by atoms with van der Waals surface area (Å²) in [6, 6.07) is 0. The maximum atomic E-state index is 6.62. The van der Waals surface area contributed by atoms with E-state index in [0.717, 1.165) is 0 Å². The summed E-state index contributed by atoms with van der Waals surface area (Å²) in [4.78, 5) is 0. The molecule has 5 heteroatoms. The van der Waals surface area contributed by atoms with Gasteiger partial charge in [-0.05, 0) is 0 Å². The highest BCUT2D eigenvalue weighted by atomic mass is 28.1. The van der Waals surface area contributed by atoms with Crippen LogP contribution in [0.4, 0.5) is 0 Å². The van der Waals surface area contributed by atoms with E-state index in [9.17, 15) is 0 Å². The molecule has 0 aromatic rings. The van der Waals surface area contributed by atoms with E-state index in [1.54, 1.807) is 0 Å². The minimum Gasteiger partial charge on any atom is -0.221 e. The van der Waals surface area contributed by atoms with Gasteiger partial charge in [-0.3, -0.25) is 0 Å². The first-order chi connectivity index (χ1) is 1.41. The van der Waals surface area contributed by atoms with Crippen LogP contribution < -0.4 is 0 Å². The van der Waals surface area contributed by atoms with Gasteiger partial charge in [-0.25, -0.2) is 10.5 Å². The molecule has 7 radical (unpaired) electrons. The second kappa shape index (κ2) is 23.0. The molecule has 3 nitrogen and oxygen atoms in total. The second-order valence-corrected chi connectivity index (χ2v) is 0.0816. The van der Waals surface area contributed by atoms with Crippen molar-refractivity contribution in [1.82, 2.24) is 0 Å². The number of hydrogen-bond acceptors (Lipinski definition) is 3. The third-order valence-electron chi connectivity index (χ3n) is 0. The van der Waals surface area contributed by atoms with Gasteiger partial charge in [0, 0.05) is 28.3 Å². The van der Waals surface area contributed by atoms with Crippen LogP contribution in [0.3, 0.4) is 0 Å². The highest BCUT2D eigenvalue weighted by Gasteiger charge is 1.27. The average molecular weight is 105 g/mol. The Bertz CT molecular complexity index is 6.85. The Morgan fingerprint density at radius 2 is 1.20 bits per heavy atom. The Hall–Kier alpha value is 0.629. The molecule has 0 rings (SSSR count). The monoisotopic (exact) mass is 105 g/mol. The Morgan fingerprint density at radius 1 is 1.20 bits per heavy atom. The Morgan fingerprint density at radius 3 is 1.20 bits per heavy atom. The van der Waals surface area contributed by atoms with Crippen LogP contribution in [0.25, 0.3) is 0 Å². The van der Waals surface area contributed by atoms with E-state index in [-0.39, 0.29) is 28.3 Å². The molecule has 2 N–H and O–H groups in total. The van der Waals surface area contributed by atoms with E-state index in [1.165, 1.54) is 0 Å². The SMILES string of the molecule is OOO.[Al].[Si]. The minimum absolute atomic E-state index is 0. The van der Waals surface area contributed by atoms with Crippen molar-refractivity contribution >= 4 is 28.3 Å². The van der Waals surface area contributed by atoms with E-state index < -0.39 is 0 Å². The molecular formula is H2AlO3Si. The minimum atomic E-state index is 0. The first-order valence-electron chi connectivity index (χ1n) is 0.365. The molecule has 0 aromatic heterocycles. The lowest BCUT2D eigenvalue weighted by atomic mass is 14.6. The van der Waals surface area contributed by atoms with Crippen LogP contribution in [0.1, 0.15) is 0 Å². The molecule has 0 heterocycles. The molecule has 0 aliphatic carbocycles. The maximum absolute atomic E-state index is 6.62. The normalized spacial score (nSPS) is 3.60. The summed E-state index contributed by atoms with van der Waals surface area (Å²) in [5.74, 6) is 0. The van der Waals surface area contributed by atoms with Crippen molar-refractivity contribution in [1.29, 1.82) is 0 Å². The van der Waals surface area contributed by atoms with Crippen molar-refractivity contribution in [2.75, 3.05) is 0 Å². The fourth-order valence-corrected chi connectivity index (χ4v) is 0. The van der Waals surface area contributed by atoms with Crippen LogP contribution in [0.15, 0.2) is 0 Å².